The number of aliphatic carboxylic acids is 4. The highest BCUT2D eigenvalue weighted by atomic mass is 16.5. The molecule has 3 aromatic heterocycles. The Bertz CT molecular complexity index is 1030. The van der Waals surface area contributed by atoms with Gasteiger partial charge in [-0.2, -0.15) is 0 Å². The van der Waals surface area contributed by atoms with Crippen LogP contribution in [0.3, 0.4) is 0 Å². The Morgan fingerprint density at radius 1 is 0.938 bits per heavy atom. The molecule has 0 spiro atoms. The highest BCUT2D eigenvalue weighted by Gasteiger charge is 2.07. The first-order chi connectivity index (χ1) is 15.0. The van der Waals surface area contributed by atoms with Gasteiger partial charge < -0.3 is 30.1 Å². The minimum Gasteiger partial charge on any atom is -0.484 e. The second-order valence-corrected chi connectivity index (χ2v) is 5.84. The molecule has 5 N–H and O–H groups in total. The van der Waals surface area contributed by atoms with Gasteiger partial charge in [0.15, 0.2) is 0 Å². The molecule has 0 radical (unpaired) electrons. The molecule has 0 aliphatic heterocycles. The fourth-order valence-corrected chi connectivity index (χ4v) is 2.11. The number of carboxylic acid groups (broad SMARTS) is 4. The van der Waals surface area contributed by atoms with E-state index in [1.165, 1.54) is 0 Å². The van der Waals surface area contributed by atoms with Crippen molar-refractivity contribution in [2.75, 3.05) is 0 Å². The molecule has 3 rings (SSSR count). The van der Waals surface area contributed by atoms with Crippen molar-refractivity contribution in [2.24, 2.45) is 0 Å². The van der Waals surface area contributed by atoms with E-state index in [1.54, 1.807) is 12.4 Å². The molecule has 0 bridgehead atoms. The zero-order valence-corrected chi connectivity index (χ0v) is 17.0. The van der Waals surface area contributed by atoms with Crippen LogP contribution in [0.2, 0.25) is 0 Å². The summed E-state index contributed by atoms with van der Waals surface area (Å²) >= 11 is 0. The molecule has 13 nitrogen and oxygen atoms in total. The van der Waals surface area contributed by atoms with Gasteiger partial charge >= 0.3 is 23.9 Å². The smallest absolute Gasteiger partial charge is 0.414 e. The Kier molecular flexibility index (Phi) is 9.73. The Morgan fingerprint density at radius 2 is 1.53 bits per heavy atom. The van der Waals surface area contributed by atoms with E-state index in [2.05, 4.69) is 26.9 Å². The van der Waals surface area contributed by atoms with Crippen LogP contribution in [0.25, 0.3) is 11.0 Å². The predicted octanol–water partition coefficient (Wildman–Crippen LogP) is 1.11. The lowest BCUT2D eigenvalue weighted by Crippen LogP contribution is -2.09. The number of fused-ring (bicyclic) bond motifs is 1. The summed E-state index contributed by atoms with van der Waals surface area (Å²) in [6.07, 6.45) is 4.34. The molecule has 0 amide bonds. The number of carbonyl (C=O) groups is 4. The summed E-state index contributed by atoms with van der Waals surface area (Å²) in [7, 11) is 0. The predicted molar refractivity (Wildman–Crippen MR) is 107 cm³/mol. The Morgan fingerprint density at radius 3 is 2.03 bits per heavy atom. The number of hydrogen-bond acceptors (Lipinski definition) is 8. The first-order valence-electron chi connectivity index (χ1n) is 8.85. The summed E-state index contributed by atoms with van der Waals surface area (Å²) < 4.78 is 5.82. The molecule has 0 saturated heterocycles. The molecule has 0 saturated carbocycles. The number of nitrogens with zero attached hydrogens (tertiary/aromatic N) is 3. The third-order valence-corrected chi connectivity index (χ3v) is 3.47. The van der Waals surface area contributed by atoms with E-state index in [0.29, 0.717) is 6.61 Å². The number of hydrogen-bond donors (Lipinski definition) is 5. The molecule has 0 aliphatic rings. The van der Waals surface area contributed by atoms with E-state index < -0.39 is 23.9 Å². The number of aromatic nitrogens is 4. The maximum atomic E-state index is 9.10. The molecule has 3 heterocycles. The van der Waals surface area contributed by atoms with Crippen molar-refractivity contribution in [3.8, 4) is 5.75 Å². The maximum Gasteiger partial charge on any atom is 0.414 e. The van der Waals surface area contributed by atoms with Crippen LogP contribution in [0, 0.1) is 6.92 Å². The normalized spacial score (nSPS) is 9.56. The number of pyridine rings is 2. The van der Waals surface area contributed by atoms with Crippen LogP contribution in [0.5, 0.6) is 5.75 Å². The number of aryl methyl sites for hydroxylation is 2. The van der Waals surface area contributed by atoms with Gasteiger partial charge in [-0.15, -0.1) is 0 Å². The third-order valence-electron chi connectivity index (χ3n) is 3.47. The lowest BCUT2D eigenvalue weighted by molar-refractivity contribution is -0.159. The van der Waals surface area contributed by atoms with Gasteiger partial charge in [-0.3, -0.25) is 9.97 Å². The first kappa shape index (κ1) is 25.5. The fraction of sp³-hybridized carbons (Fsp3) is 0.211. The molecule has 0 aliphatic carbocycles. The number of imidazole rings is 1. The van der Waals surface area contributed by atoms with Gasteiger partial charge in [0.1, 0.15) is 18.2 Å². The molecular weight excluding hydrogens is 428 g/mol. The van der Waals surface area contributed by atoms with Crippen molar-refractivity contribution in [2.45, 2.75) is 26.9 Å². The van der Waals surface area contributed by atoms with Crippen LogP contribution >= 0.6 is 0 Å². The number of aromatic amines is 1. The van der Waals surface area contributed by atoms with Gasteiger partial charge in [0.25, 0.3) is 0 Å². The maximum absolute atomic E-state index is 9.10. The zero-order chi connectivity index (χ0) is 24.3. The fourth-order valence-electron chi connectivity index (χ4n) is 2.11. The van der Waals surface area contributed by atoms with E-state index >= 15 is 0 Å². The number of ether oxygens (including phenoxy) is 1. The Balaban J connectivity index is 0.000000355. The van der Waals surface area contributed by atoms with Crippen molar-refractivity contribution in [3.05, 3.63) is 47.8 Å². The summed E-state index contributed by atoms with van der Waals surface area (Å²) in [5, 5.41) is 29.6. The molecule has 0 unspecified atom stereocenters. The van der Waals surface area contributed by atoms with Crippen LogP contribution in [-0.4, -0.2) is 64.2 Å². The van der Waals surface area contributed by atoms with E-state index in [1.807, 2.05) is 25.1 Å². The quantitative estimate of drug-likeness (QED) is 0.355. The second kappa shape index (κ2) is 12.2. The summed E-state index contributed by atoms with van der Waals surface area (Å²) in [6.45, 7) is 4.45. The summed E-state index contributed by atoms with van der Waals surface area (Å²) in [6, 6.07) is 5.79. The summed E-state index contributed by atoms with van der Waals surface area (Å²) in [5.74, 6) is -5.69. The van der Waals surface area contributed by atoms with E-state index in [4.69, 9.17) is 44.3 Å². The van der Waals surface area contributed by atoms with Gasteiger partial charge in [0, 0.05) is 11.9 Å². The summed E-state index contributed by atoms with van der Waals surface area (Å²) in [4.78, 5) is 52.6. The number of H-pyrrole nitrogens is 1. The largest absolute Gasteiger partial charge is 0.484 e. The van der Waals surface area contributed by atoms with E-state index in [9.17, 15) is 0 Å². The van der Waals surface area contributed by atoms with Gasteiger partial charge in [-0.1, -0.05) is 6.92 Å². The first-order valence-corrected chi connectivity index (χ1v) is 8.85. The van der Waals surface area contributed by atoms with Crippen molar-refractivity contribution >= 4 is 34.9 Å². The lowest BCUT2D eigenvalue weighted by Gasteiger charge is -2.09. The van der Waals surface area contributed by atoms with E-state index in [0.717, 1.165) is 40.4 Å². The summed E-state index contributed by atoms with van der Waals surface area (Å²) in [5.41, 5.74) is 3.80. The highest BCUT2D eigenvalue weighted by Crippen LogP contribution is 2.19. The molecule has 3 aromatic rings. The van der Waals surface area contributed by atoms with Crippen LogP contribution in [0.4, 0.5) is 0 Å². The highest BCUT2D eigenvalue weighted by molar-refractivity contribution is 6.27. The van der Waals surface area contributed by atoms with Gasteiger partial charge in [-0.25, -0.2) is 24.2 Å². The molecule has 0 atom stereocenters. The average molecular weight is 448 g/mol. The van der Waals surface area contributed by atoms with E-state index in [-0.39, 0.29) is 0 Å². The SMILES string of the molecule is CCc1nc(C)ccc1OCc1nc2ccncc2[nH]1.O=C(O)C(=O)O.O=C(O)C(=O)O. The van der Waals surface area contributed by atoms with Crippen molar-refractivity contribution in [1.29, 1.82) is 0 Å². The monoisotopic (exact) mass is 448 g/mol. The average Bonchev–Trinajstić information content (AvgIpc) is 3.16. The van der Waals surface area contributed by atoms with Crippen LogP contribution in [0.15, 0.2) is 30.6 Å². The molecule has 0 fully saturated rings. The minimum atomic E-state index is -1.82. The number of nitrogens with one attached hydrogen (secondary N) is 1. The van der Waals surface area contributed by atoms with Crippen LogP contribution < -0.4 is 4.74 Å². The zero-order valence-electron chi connectivity index (χ0n) is 17.0. The molecule has 0 aromatic carbocycles. The second-order valence-electron chi connectivity index (χ2n) is 5.84. The van der Waals surface area contributed by atoms with Gasteiger partial charge in [0.2, 0.25) is 0 Å². The molecule has 170 valence electrons. The lowest BCUT2D eigenvalue weighted by atomic mass is 10.2. The van der Waals surface area contributed by atoms with Crippen LogP contribution in [0.1, 0.15) is 24.1 Å². The van der Waals surface area contributed by atoms with Crippen LogP contribution in [-0.2, 0) is 32.2 Å². The number of rotatable bonds is 4. The van der Waals surface area contributed by atoms with Gasteiger partial charge in [-0.05, 0) is 31.5 Å². The van der Waals surface area contributed by atoms with Crippen molar-refractivity contribution in [1.82, 2.24) is 19.9 Å². The Labute approximate surface area is 180 Å². The van der Waals surface area contributed by atoms with Gasteiger partial charge in [0.05, 0.1) is 22.9 Å². The molecular formula is C19H20N4O9. The number of carboxylic acids is 4. The standard InChI is InChI=1S/C15H16N4O.2C2H2O4/c1-3-11-14(5-4-10(2)17-11)20-9-15-18-12-6-7-16-8-13(12)19-15;2*3-1(4)2(5)6/h4-8H,3,9H2,1-2H3,(H,18,19);2*(H,3,4)(H,5,6). The Hall–Kier alpha value is -4.55. The topological polar surface area (TPSA) is 213 Å². The van der Waals surface area contributed by atoms with Crippen molar-refractivity contribution in [3.63, 3.8) is 0 Å². The minimum absolute atomic E-state index is 0.395. The molecule has 13 heteroatoms. The third kappa shape index (κ3) is 8.44. The van der Waals surface area contributed by atoms with Crippen molar-refractivity contribution < 1.29 is 44.3 Å². The molecule has 32 heavy (non-hydrogen) atoms.